The molecule has 2 aromatic heterocycles. The average Bonchev–Trinajstić information content (AvgIpc) is 2.36. The van der Waals surface area contributed by atoms with E-state index in [0.717, 1.165) is 0 Å². The molecule has 2 rings (SSSR count). The Hall–Kier alpha value is -1.72. The summed E-state index contributed by atoms with van der Waals surface area (Å²) < 4.78 is 0. The van der Waals surface area contributed by atoms with Gasteiger partial charge in [-0.25, -0.2) is 4.98 Å². The lowest BCUT2D eigenvalue weighted by Crippen LogP contribution is -1.96. The molecule has 0 spiro atoms. The average molecular weight is 136 g/mol. The third kappa shape index (κ3) is 0.524. The number of nitrogens with one attached hydrogen (secondary N) is 1. The van der Waals surface area contributed by atoms with Crippen LogP contribution in [0.2, 0.25) is 0 Å². The Morgan fingerprint density at radius 3 is 3.10 bits per heavy atom. The molecule has 0 aliphatic rings. The van der Waals surface area contributed by atoms with Gasteiger partial charge in [-0.05, 0) is 5.21 Å². The summed E-state index contributed by atoms with van der Waals surface area (Å²) in [7, 11) is 0. The summed E-state index contributed by atoms with van der Waals surface area (Å²) in [5.74, 6) is 0.322. The van der Waals surface area contributed by atoms with Gasteiger partial charge in [-0.15, -0.1) is 10.2 Å². The molecule has 2 heterocycles. The van der Waals surface area contributed by atoms with Gasteiger partial charge in [0.1, 0.15) is 5.52 Å². The second-order valence-corrected chi connectivity index (χ2v) is 1.78. The van der Waals surface area contributed by atoms with Gasteiger partial charge < -0.3 is 10.7 Å². The molecule has 0 radical (unpaired) electrons. The normalized spacial score (nSPS) is 10.4. The molecule has 0 aromatic carbocycles. The van der Waals surface area contributed by atoms with Gasteiger partial charge in [-0.1, -0.05) is 0 Å². The fourth-order valence-electron chi connectivity index (χ4n) is 0.714. The van der Waals surface area contributed by atoms with Crippen LogP contribution in [0.5, 0.6) is 0 Å². The van der Waals surface area contributed by atoms with E-state index in [-0.39, 0.29) is 0 Å². The Morgan fingerprint density at radius 1 is 1.40 bits per heavy atom. The number of nitrogens with zero attached hydrogens (tertiary/aromatic N) is 4. The molecule has 0 bridgehead atoms. The van der Waals surface area contributed by atoms with E-state index in [1.807, 2.05) is 0 Å². The zero-order valence-corrected chi connectivity index (χ0v) is 4.94. The first-order valence-electron chi connectivity index (χ1n) is 2.66. The van der Waals surface area contributed by atoms with E-state index in [0.29, 0.717) is 17.0 Å². The van der Waals surface area contributed by atoms with Gasteiger partial charge in [0, 0.05) is 0 Å². The maximum atomic E-state index is 5.42. The SMILES string of the molecule is Nc1nnnc2nc[nH]c12. The minimum Gasteiger partial charge on any atom is -0.380 e. The molecule has 50 valence electrons. The molecule has 0 aliphatic heterocycles. The van der Waals surface area contributed by atoms with Gasteiger partial charge in [-0.2, -0.15) is 0 Å². The molecule has 0 atom stereocenters. The number of hydrogen-bond acceptors (Lipinski definition) is 5. The molecular formula is C4H4N6. The molecule has 0 fully saturated rings. The van der Waals surface area contributed by atoms with Crippen LogP contribution in [0.15, 0.2) is 6.33 Å². The number of aromatic nitrogens is 5. The van der Waals surface area contributed by atoms with Gasteiger partial charge in [0.25, 0.3) is 0 Å². The largest absolute Gasteiger partial charge is 0.380 e. The summed E-state index contributed by atoms with van der Waals surface area (Å²) in [6.07, 6.45) is 1.50. The van der Waals surface area contributed by atoms with Gasteiger partial charge in [0.2, 0.25) is 5.65 Å². The molecule has 2 aromatic rings. The number of nitrogen functional groups attached to an aromatic ring is 1. The second-order valence-electron chi connectivity index (χ2n) is 1.78. The maximum Gasteiger partial charge on any atom is 0.205 e. The van der Waals surface area contributed by atoms with Crippen molar-refractivity contribution < 1.29 is 0 Å². The predicted molar refractivity (Wildman–Crippen MR) is 33.9 cm³/mol. The van der Waals surface area contributed by atoms with Crippen LogP contribution in [0, 0.1) is 0 Å². The van der Waals surface area contributed by atoms with E-state index in [4.69, 9.17) is 5.73 Å². The first-order valence-corrected chi connectivity index (χ1v) is 2.66. The van der Waals surface area contributed by atoms with Crippen molar-refractivity contribution in [2.45, 2.75) is 0 Å². The summed E-state index contributed by atoms with van der Waals surface area (Å²) >= 11 is 0. The highest BCUT2D eigenvalue weighted by Crippen LogP contribution is 2.07. The van der Waals surface area contributed by atoms with Crippen molar-refractivity contribution in [3.63, 3.8) is 0 Å². The third-order valence-corrected chi connectivity index (χ3v) is 1.17. The van der Waals surface area contributed by atoms with E-state index < -0.39 is 0 Å². The molecule has 3 N–H and O–H groups in total. The lowest BCUT2D eigenvalue weighted by Gasteiger charge is -1.87. The minimum atomic E-state index is 0.322. The fraction of sp³-hybridized carbons (Fsp3) is 0. The van der Waals surface area contributed by atoms with Crippen LogP contribution in [-0.2, 0) is 0 Å². The van der Waals surface area contributed by atoms with Crippen LogP contribution in [0.1, 0.15) is 0 Å². The fourth-order valence-corrected chi connectivity index (χ4v) is 0.714. The van der Waals surface area contributed by atoms with Crippen molar-refractivity contribution in [2.24, 2.45) is 0 Å². The van der Waals surface area contributed by atoms with Gasteiger partial charge in [0.05, 0.1) is 6.33 Å². The highest BCUT2D eigenvalue weighted by Gasteiger charge is 2.00. The van der Waals surface area contributed by atoms with Crippen LogP contribution in [0.25, 0.3) is 11.2 Å². The van der Waals surface area contributed by atoms with Gasteiger partial charge in [0.15, 0.2) is 5.82 Å². The van der Waals surface area contributed by atoms with Crippen molar-refractivity contribution in [3.8, 4) is 0 Å². The second kappa shape index (κ2) is 1.63. The Bertz CT molecular complexity index is 351. The van der Waals surface area contributed by atoms with Crippen LogP contribution in [-0.4, -0.2) is 25.4 Å². The Balaban J connectivity index is 2.95. The molecule has 0 aliphatic carbocycles. The highest BCUT2D eigenvalue weighted by atomic mass is 15.3. The molecule has 0 unspecified atom stereocenters. The van der Waals surface area contributed by atoms with Crippen LogP contribution in [0.3, 0.4) is 0 Å². The summed E-state index contributed by atoms with van der Waals surface area (Å²) in [5.41, 5.74) is 6.54. The number of aromatic amines is 1. The Morgan fingerprint density at radius 2 is 2.30 bits per heavy atom. The smallest absolute Gasteiger partial charge is 0.205 e. The van der Waals surface area contributed by atoms with E-state index in [1.165, 1.54) is 6.33 Å². The number of hydrogen-bond donors (Lipinski definition) is 2. The summed E-state index contributed by atoms with van der Waals surface area (Å²) in [4.78, 5) is 6.62. The van der Waals surface area contributed by atoms with Crippen LogP contribution < -0.4 is 5.73 Å². The zero-order valence-electron chi connectivity index (χ0n) is 4.94. The Kier molecular flexibility index (Phi) is 0.830. The molecule has 0 saturated carbocycles. The maximum absolute atomic E-state index is 5.42. The number of anilines is 1. The summed E-state index contributed by atoms with van der Waals surface area (Å²) in [6, 6.07) is 0. The lowest BCUT2D eigenvalue weighted by molar-refractivity contribution is 0.896. The predicted octanol–water partition coefficient (Wildman–Crippen LogP) is -0.670. The monoisotopic (exact) mass is 136 g/mol. The van der Waals surface area contributed by atoms with E-state index in [2.05, 4.69) is 25.4 Å². The van der Waals surface area contributed by atoms with Crippen molar-refractivity contribution >= 4 is 17.0 Å². The standard InChI is InChI=1S/C4H4N6/c5-3-2-4(7-1-6-2)9-10-8-3/h1H,(H3,5,6,7,8,9). The first-order chi connectivity index (χ1) is 4.88. The topological polar surface area (TPSA) is 93.4 Å². The number of imidazole rings is 1. The van der Waals surface area contributed by atoms with Crippen molar-refractivity contribution in [1.82, 2.24) is 25.4 Å². The molecule has 10 heavy (non-hydrogen) atoms. The quantitative estimate of drug-likeness (QED) is 0.501. The van der Waals surface area contributed by atoms with Crippen LogP contribution in [0.4, 0.5) is 5.82 Å². The summed E-state index contributed by atoms with van der Waals surface area (Å²) in [5, 5.41) is 10.5. The van der Waals surface area contributed by atoms with Crippen molar-refractivity contribution in [1.29, 1.82) is 0 Å². The minimum absolute atomic E-state index is 0.322. The number of H-pyrrole nitrogens is 1. The number of fused-ring (bicyclic) bond motifs is 1. The third-order valence-electron chi connectivity index (χ3n) is 1.17. The summed E-state index contributed by atoms with van der Waals surface area (Å²) in [6.45, 7) is 0. The number of nitrogens with two attached hydrogens (primary N) is 1. The first kappa shape index (κ1) is 5.10. The Labute approximate surface area is 55.5 Å². The zero-order chi connectivity index (χ0) is 6.97. The van der Waals surface area contributed by atoms with Crippen molar-refractivity contribution in [2.75, 3.05) is 5.73 Å². The highest BCUT2D eigenvalue weighted by molar-refractivity contribution is 5.79. The van der Waals surface area contributed by atoms with Crippen molar-refractivity contribution in [3.05, 3.63) is 6.33 Å². The van der Waals surface area contributed by atoms with Gasteiger partial charge in [-0.3, -0.25) is 0 Å². The molecular weight excluding hydrogens is 132 g/mol. The van der Waals surface area contributed by atoms with E-state index in [1.54, 1.807) is 0 Å². The van der Waals surface area contributed by atoms with Gasteiger partial charge >= 0.3 is 0 Å². The molecule has 6 nitrogen and oxygen atoms in total. The molecule has 0 saturated heterocycles. The number of rotatable bonds is 0. The molecule has 6 heteroatoms. The van der Waals surface area contributed by atoms with E-state index >= 15 is 0 Å². The van der Waals surface area contributed by atoms with E-state index in [9.17, 15) is 0 Å². The lowest BCUT2D eigenvalue weighted by atomic mass is 10.5. The molecule has 0 amide bonds. The van der Waals surface area contributed by atoms with Crippen LogP contribution >= 0.6 is 0 Å².